The van der Waals surface area contributed by atoms with Crippen LogP contribution in [0.15, 0.2) is 34.6 Å². The average Bonchev–Trinajstić information content (AvgIpc) is 3.37. The molecule has 2 heterocycles. The van der Waals surface area contributed by atoms with E-state index in [9.17, 15) is 0 Å². The minimum absolute atomic E-state index is 0.666. The zero-order valence-electron chi connectivity index (χ0n) is 17.2. The maximum absolute atomic E-state index is 4.72. The van der Waals surface area contributed by atoms with E-state index in [0.29, 0.717) is 13.1 Å². The molecule has 0 atom stereocenters. The van der Waals surface area contributed by atoms with Crippen molar-refractivity contribution < 1.29 is 0 Å². The molecule has 0 bridgehead atoms. The Morgan fingerprint density at radius 1 is 1.14 bits per heavy atom. The Labute approximate surface area is 172 Å². The summed E-state index contributed by atoms with van der Waals surface area (Å²) in [5.41, 5.74) is 3.65. The maximum Gasteiger partial charge on any atom is 0.191 e. The van der Waals surface area contributed by atoms with Crippen LogP contribution in [0.25, 0.3) is 0 Å². The monoisotopic (exact) mass is 400 g/mol. The van der Waals surface area contributed by atoms with Crippen LogP contribution in [0, 0.1) is 0 Å². The number of likely N-dealkylation sites (tertiary alicyclic amines) is 1. The number of aliphatic imine (C=N–C) groups is 1. The molecule has 7 heteroatoms. The Bertz CT molecular complexity index is 747. The predicted octanol–water partition coefficient (Wildman–Crippen LogP) is 3.06. The third-order valence-electron chi connectivity index (χ3n) is 4.75. The maximum atomic E-state index is 4.72. The van der Waals surface area contributed by atoms with Gasteiger partial charge in [-0.2, -0.15) is 0 Å². The van der Waals surface area contributed by atoms with Crippen molar-refractivity contribution in [2.24, 2.45) is 4.99 Å². The van der Waals surface area contributed by atoms with Crippen molar-refractivity contribution in [3.63, 3.8) is 0 Å². The quantitative estimate of drug-likeness (QED) is 0.527. The SMILES string of the molecule is CCNC(=NCc1ccc(CN2CCCC2)cc1)NCc1csc(N(C)C)n1. The fraction of sp³-hybridized carbons (Fsp3) is 0.524. The summed E-state index contributed by atoms with van der Waals surface area (Å²) < 4.78 is 0. The first-order chi connectivity index (χ1) is 13.6. The minimum Gasteiger partial charge on any atom is -0.357 e. The number of guanidine groups is 1. The molecular weight excluding hydrogens is 368 g/mol. The molecule has 1 aliphatic heterocycles. The standard InChI is InChI=1S/C21H32N6S/c1-4-22-20(24-14-19-16-28-21(25-19)26(2)3)23-13-17-7-9-18(10-8-17)15-27-11-5-6-12-27/h7-10,16H,4-6,11-15H2,1-3H3,(H2,22,23,24). The summed E-state index contributed by atoms with van der Waals surface area (Å²) in [6.45, 7) is 7.79. The first-order valence-electron chi connectivity index (χ1n) is 10.1. The lowest BCUT2D eigenvalue weighted by molar-refractivity contribution is 0.331. The van der Waals surface area contributed by atoms with Crippen molar-refractivity contribution in [3.8, 4) is 0 Å². The fourth-order valence-electron chi connectivity index (χ4n) is 3.22. The van der Waals surface area contributed by atoms with Gasteiger partial charge in [0.25, 0.3) is 0 Å². The molecular formula is C21H32N6S. The van der Waals surface area contributed by atoms with E-state index >= 15 is 0 Å². The Balaban J connectivity index is 1.52. The van der Waals surface area contributed by atoms with E-state index < -0.39 is 0 Å². The summed E-state index contributed by atoms with van der Waals surface area (Å²) in [4.78, 5) is 13.9. The molecule has 1 aromatic carbocycles. The van der Waals surface area contributed by atoms with Crippen LogP contribution >= 0.6 is 11.3 Å². The first-order valence-corrected chi connectivity index (χ1v) is 11.0. The number of aromatic nitrogens is 1. The lowest BCUT2D eigenvalue weighted by Crippen LogP contribution is -2.36. The van der Waals surface area contributed by atoms with Gasteiger partial charge in [-0.15, -0.1) is 11.3 Å². The molecule has 1 fully saturated rings. The van der Waals surface area contributed by atoms with Gasteiger partial charge < -0.3 is 15.5 Å². The van der Waals surface area contributed by atoms with E-state index in [1.165, 1.54) is 37.1 Å². The van der Waals surface area contributed by atoms with E-state index in [2.05, 4.69) is 57.1 Å². The Kier molecular flexibility index (Phi) is 7.68. The molecule has 0 radical (unpaired) electrons. The summed E-state index contributed by atoms with van der Waals surface area (Å²) in [5, 5.41) is 9.80. The van der Waals surface area contributed by atoms with Gasteiger partial charge in [-0.3, -0.25) is 4.90 Å². The second-order valence-corrected chi connectivity index (χ2v) is 8.20. The second kappa shape index (κ2) is 10.4. The molecule has 6 nitrogen and oxygen atoms in total. The highest BCUT2D eigenvalue weighted by Crippen LogP contribution is 2.17. The molecule has 0 aliphatic carbocycles. The number of thiazole rings is 1. The molecule has 0 unspecified atom stereocenters. The fourth-order valence-corrected chi connectivity index (χ4v) is 3.98. The molecule has 1 aromatic heterocycles. The summed E-state index contributed by atoms with van der Waals surface area (Å²) in [6.07, 6.45) is 2.68. The molecule has 1 aliphatic rings. The van der Waals surface area contributed by atoms with Gasteiger partial charge in [0.05, 0.1) is 18.8 Å². The second-order valence-electron chi connectivity index (χ2n) is 7.36. The largest absolute Gasteiger partial charge is 0.357 e. The summed E-state index contributed by atoms with van der Waals surface area (Å²) in [6, 6.07) is 8.87. The third kappa shape index (κ3) is 6.21. The number of benzene rings is 1. The Morgan fingerprint density at radius 2 is 1.86 bits per heavy atom. The normalized spacial score (nSPS) is 15.0. The van der Waals surface area contributed by atoms with Gasteiger partial charge in [0.15, 0.2) is 11.1 Å². The number of nitrogens with zero attached hydrogens (tertiary/aromatic N) is 4. The Morgan fingerprint density at radius 3 is 2.50 bits per heavy atom. The molecule has 2 N–H and O–H groups in total. The van der Waals surface area contributed by atoms with Gasteiger partial charge in [-0.05, 0) is 44.0 Å². The lowest BCUT2D eigenvalue weighted by Gasteiger charge is -2.14. The zero-order chi connectivity index (χ0) is 19.8. The van der Waals surface area contributed by atoms with E-state index in [1.807, 2.05) is 19.0 Å². The molecule has 28 heavy (non-hydrogen) atoms. The van der Waals surface area contributed by atoms with Gasteiger partial charge in [-0.25, -0.2) is 9.98 Å². The van der Waals surface area contributed by atoms with Crippen LogP contribution in [0.5, 0.6) is 0 Å². The van der Waals surface area contributed by atoms with Crippen molar-refractivity contribution in [1.29, 1.82) is 0 Å². The molecule has 152 valence electrons. The van der Waals surface area contributed by atoms with Crippen LogP contribution in [0.3, 0.4) is 0 Å². The van der Waals surface area contributed by atoms with Crippen LogP contribution in [0.2, 0.25) is 0 Å². The van der Waals surface area contributed by atoms with E-state index in [4.69, 9.17) is 4.99 Å². The smallest absolute Gasteiger partial charge is 0.191 e. The van der Waals surface area contributed by atoms with E-state index in [-0.39, 0.29) is 0 Å². The van der Waals surface area contributed by atoms with Gasteiger partial charge in [0.1, 0.15) is 0 Å². The van der Waals surface area contributed by atoms with Crippen molar-refractivity contribution >= 4 is 22.4 Å². The molecule has 0 saturated carbocycles. The minimum atomic E-state index is 0.666. The van der Waals surface area contributed by atoms with Crippen LogP contribution in [-0.4, -0.2) is 49.6 Å². The molecule has 0 spiro atoms. The van der Waals surface area contributed by atoms with Crippen LogP contribution in [-0.2, 0) is 19.6 Å². The molecule has 2 aromatic rings. The average molecular weight is 401 g/mol. The lowest BCUT2D eigenvalue weighted by atomic mass is 10.1. The Hall–Kier alpha value is -2.12. The van der Waals surface area contributed by atoms with Gasteiger partial charge in [0, 0.05) is 32.6 Å². The van der Waals surface area contributed by atoms with Crippen LogP contribution in [0.1, 0.15) is 36.6 Å². The van der Waals surface area contributed by atoms with Crippen molar-refractivity contribution in [3.05, 3.63) is 46.5 Å². The predicted molar refractivity (Wildman–Crippen MR) is 119 cm³/mol. The highest BCUT2D eigenvalue weighted by atomic mass is 32.1. The summed E-state index contributed by atoms with van der Waals surface area (Å²) in [5.74, 6) is 0.822. The highest BCUT2D eigenvalue weighted by Gasteiger charge is 2.11. The van der Waals surface area contributed by atoms with Gasteiger partial charge in [0.2, 0.25) is 0 Å². The zero-order valence-corrected chi connectivity index (χ0v) is 18.1. The van der Waals surface area contributed by atoms with Gasteiger partial charge in [-0.1, -0.05) is 24.3 Å². The van der Waals surface area contributed by atoms with E-state index in [0.717, 1.165) is 29.9 Å². The van der Waals surface area contributed by atoms with Crippen molar-refractivity contribution in [2.45, 2.75) is 39.4 Å². The number of anilines is 1. The first kappa shape index (κ1) is 20.6. The third-order valence-corrected chi connectivity index (χ3v) is 5.81. The van der Waals surface area contributed by atoms with Crippen molar-refractivity contribution in [1.82, 2.24) is 20.5 Å². The summed E-state index contributed by atoms with van der Waals surface area (Å²) in [7, 11) is 4.02. The van der Waals surface area contributed by atoms with E-state index in [1.54, 1.807) is 11.3 Å². The van der Waals surface area contributed by atoms with Crippen LogP contribution < -0.4 is 15.5 Å². The topological polar surface area (TPSA) is 55.8 Å². The van der Waals surface area contributed by atoms with Gasteiger partial charge >= 0.3 is 0 Å². The highest BCUT2D eigenvalue weighted by molar-refractivity contribution is 7.13. The number of hydrogen-bond donors (Lipinski definition) is 2. The number of nitrogens with one attached hydrogen (secondary N) is 2. The number of hydrogen-bond acceptors (Lipinski definition) is 5. The molecule has 3 rings (SSSR count). The molecule has 1 saturated heterocycles. The van der Waals surface area contributed by atoms with Crippen LogP contribution in [0.4, 0.5) is 5.13 Å². The van der Waals surface area contributed by atoms with Crippen molar-refractivity contribution in [2.75, 3.05) is 38.6 Å². The summed E-state index contributed by atoms with van der Waals surface area (Å²) >= 11 is 1.66. The molecule has 0 amide bonds. The number of rotatable bonds is 8.